The Balaban J connectivity index is 2.00. The maximum absolute atomic E-state index is 6.08. The minimum absolute atomic E-state index is 0.619. The SMILES string of the molecule is CN(C)C1CCCN(c2ccc(N)c3ccncc23)C1. The third-order valence-electron chi connectivity index (χ3n) is 4.30. The first kappa shape index (κ1) is 13.2. The second-order valence-electron chi connectivity index (χ2n) is 5.80. The fourth-order valence-corrected chi connectivity index (χ4v) is 3.07. The molecule has 1 aromatic carbocycles. The number of likely N-dealkylation sites (N-methyl/N-ethyl adjacent to an activating group) is 1. The molecule has 1 fully saturated rings. The van der Waals surface area contributed by atoms with Gasteiger partial charge in [0.15, 0.2) is 0 Å². The summed E-state index contributed by atoms with van der Waals surface area (Å²) in [6.07, 6.45) is 6.24. The molecule has 4 nitrogen and oxygen atoms in total. The monoisotopic (exact) mass is 270 g/mol. The lowest BCUT2D eigenvalue weighted by Gasteiger charge is -2.38. The van der Waals surface area contributed by atoms with Gasteiger partial charge >= 0.3 is 0 Å². The van der Waals surface area contributed by atoms with Crippen LogP contribution in [0.3, 0.4) is 0 Å². The summed E-state index contributed by atoms with van der Waals surface area (Å²) in [5.41, 5.74) is 8.16. The van der Waals surface area contributed by atoms with E-state index in [0.29, 0.717) is 6.04 Å². The normalized spacial score (nSPS) is 19.8. The van der Waals surface area contributed by atoms with E-state index in [9.17, 15) is 0 Å². The van der Waals surface area contributed by atoms with Gasteiger partial charge < -0.3 is 15.5 Å². The molecule has 0 saturated carbocycles. The standard InChI is InChI=1S/C16H22N4/c1-19(2)12-4-3-9-20(11-12)16-6-5-15(17)13-7-8-18-10-14(13)16/h5-8,10,12H,3-4,9,11,17H2,1-2H3. The van der Waals surface area contributed by atoms with Gasteiger partial charge in [0.25, 0.3) is 0 Å². The Labute approximate surface area is 120 Å². The molecule has 1 aliphatic rings. The number of hydrogen-bond donors (Lipinski definition) is 1. The molecule has 0 bridgehead atoms. The number of nitrogens with two attached hydrogens (primary N) is 1. The summed E-state index contributed by atoms with van der Waals surface area (Å²) in [7, 11) is 4.33. The van der Waals surface area contributed by atoms with Crippen molar-refractivity contribution in [3.8, 4) is 0 Å². The Morgan fingerprint density at radius 3 is 2.90 bits per heavy atom. The van der Waals surface area contributed by atoms with E-state index in [2.05, 4.69) is 34.9 Å². The minimum Gasteiger partial charge on any atom is -0.398 e. The summed E-state index contributed by atoms with van der Waals surface area (Å²) in [4.78, 5) is 9.06. The summed E-state index contributed by atoms with van der Waals surface area (Å²) in [5.74, 6) is 0. The van der Waals surface area contributed by atoms with Crippen molar-refractivity contribution in [1.82, 2.24) is 9.88 Å². The van der Waals surface area contributed by atoms with E-state index in [-0.39, 0.29) is 0 Å². The summed E-state index contributed by atoms with van der Waals surface area (Å²) in [6, 6.07) is 6.77. The van der Waals surface area contributed by atoms with Gasteiger partial charge in [-0.15, -0.1) is 0 Å². The summed E-state index contributed by atoms with van der Waals surface area (Å²) in [6.45, 7) is 2.18. The third kappa shape index (κ3) is 2.31. The smallest absolute Gasteiger partial charge is 0.0463 e. The van der Waals surface area contributed by atoms with E-state index in [1.165, 1.54) is 18.5 Å². The molecule has 1 atom stereocenters. The third-order valence-corrected chi connectivity index (χ3v) is 4.30. The Morgan fingerprint density at radius 1 is 1.25 bits per heavy atom. The van der Waals surface area contributed by atoms with Crippen molar-refractivity contribution < 1.29 is 0 Å². The van der Waals surface area contributed by atoms with Gasteiger partial charge in [-0.3, -0.25) is 4.98 Å². The lowest BCUT2D eigenvalue weighted by Crippen LogP contribution is -2.45. The average Bonchev–Trinajstić information content (AvgIpc) is 2.48. The lowest BCUT2D eigenvalue weighted by molar-refractivity contribution is 0.258. The van der Waals surface area contributed by atoms with E-state index < -0.39 is 0 Å². The molecule has 1 saturated heterocycles. The summed E-state index contributed by atoms with van der Waals surface area (Å²) < 4.78 is 0. The minimum atomic E-state index is 0.619. The Kier molecular flexibility index (Phi) is 3.49. The highest BCUT2D eigenvalue weighted by atomic mass is 15.2. The summed E-state index contributed by atoms with van der Waals surface area (Å²) in [5, 5.41) is 2.26. The van der Waals surface area contributed by atoms with Crippen LogP contribution < -0.4 is 10.6 Å². The van der Waals surface area contributed by atoms with Gasteiger partial charge in [0, 0.05) is 53.7 Å². The predicted molar refractivity (Wildman–Crippen MR) is 85.1 cm³/mol. The first-order chi connectivity index (χ1) is 9.66. The van der Waals surface area contributed by atoms with Gasteiger partial charge in [-0.05, 0) is 45.1 Å². The maximum atomic E-state index is 6.08. The van der Waals surface area contributed by atoms with E-state index >= 15 is 0 Å². The van der Waals surface area contributed by atoms with Crippen molar-refractivity contribution in [3.05, 3.63) is 30.6 Å². The van der Waals surface area contributed by atoms with Crippen molar-refractivity contribution in [1.29, 1.82) is 0 Å². The number of hydrogen-bond acceptors (Lipinski definition) is 4. The lowest BCUT2D eigenvalue weighted by atomic mass is 10.0. The van der Waals surface area contributed by atoms with Crippen molar-refractivity contribution in [2.75, 3.05) is 37.8 Å². The van der Waals surface area contributed by atoms with Crippen LogP contribution in [0.15, 0.2) is 30.6 Å². The number of anilines is 2. The number of rotatable bonds is 2. The van der Waals surface area contributed by atoms with Crippen LogP contribution in [0, 0.1) is 0 Å². The van der Waals surface area contributed by atoms with E-state index in [4.69, 9.17) is 5.73 Å². The maximum Gasteiger partial charge on any atom is 0.0463 e. The summed E-state index contributed by atoms with van der Waals surface area (Å²) >= 11 is 0. The van der Waals surface area contributed by atoms with Crippen LogP contribution >= 0.6 is 0 Å². The van der Waals surface area contributed by atoms with Crippen LogP contribution in [0.4, 0.5) is 11.4 Å². The van der Waals surface area contributed by atoms with Crippen LogP contribution in [0.5, 0.6) is 0 Å². The van der Waals surface area contributed by atoms with Crippen molar-refractivity contribution >= 4 is 22.1 Å². The number of fused-ring (bicyclic) bond motifs is 1. The molecule has 2 N–H and O–H groups in total. The van der Waals surface area contributed by atoms with Crippen LogP contribution in [0.2, 0.25) is 0 Å². The molecule has 106 valence electrons. The van der Waals surface area contributed by atoms with E-state index in [1.807, 2.05) is 18.3 Å². The fourth-order valence-electron chi connectivity index (χ4n) is 3.07. The number of nitrogen functional groups attached to an aromatic ring is 1. The van der Waals surface area contributed by atoms with Crippen molar-refractivity contribution in [3.63, 3.8) is 0 Å². The van der Waals surface area contributed by atoms with E-state index in [1.54, 1.807) is 6.20 Å². The van der Waals surface area contributed by atoms with Gasteiger partial charge in [-0.1, -0.05) is 0 Å². The molecule has 0 radical (unpaired) electrons. The average molecular weight is 270 g/mol. The number of benzene rings is 1. The van der Waals surface area contributed by atoms with Crippen LogP contribution in [-0.4, -0.2) is 43.1 Å². The van der Waals surface area contributed by atoms with Crippen LogP contribution in [0.1, 0.15) is 12.8 Å². The fraction of sp³-hybridized carbons (Fsp3) is 0.438. The molecule has 4 heteroatoms. The molecule has 0 spiro atoms. The second kappa shape index (κ2) is 5.29. The molecule has 1 aromatic heterocycles. The Hall–Kier alpha value is -1.81. The second-order valence-corrected chi connectivity index (χ2v) is 5.80. The highest BCUT2D eigenvalue weighted by Crippen LogP contribution is 2.32. The van der Waals surface area contributed by atoms with Crippen LogP contribution in [0.25, 0.3) is 10.8 Å². The zero-order valence-electron chi connectivity index (χ0n) is 12.2. The molecule has 3 rings (SSSR count). The van der Waals surface area contributed by atoms with Crippen molar-refractivity contribution in [2.24, 2.45) is 0 Å². The Bertz CT molecular complexity index is 608. The molecule has 0 amide bonds. The zero-order valence-corrected chi connectivity index (χ0v) is 12.2. The first-order valence-corrected chi connectivity index (χ1v) is 7.20. The number of piperidine rings is 1. The molecular formula is C16H22N4. The largest absolute Gasteiger partial charge is 0.398 e. The predicted octanol–water partition coefficient (Wildman–Crippen LogP) is 2.35. The highest BCUT2D eigenvalue weighted by molar-refractivity contribution is 6.00. The molecule has 2 aromatic rings. The molecule has 20 heavy (non-hydrogen) atoms. The van der Waals surface area contributed by atoms with E-state index in [0.717, 1.165) is 29.5 Å². The van der Waals surface area contributed by atoms with Gasteiger partial charge in [-0.2, -0.15) is 0 Å². The van der Waals surface area contributed by atoms with Gasteiger partial charge in [0.2, 0.25) is 0 Å². The molecule has 0 aliphatic carbocycles. The highest BCUT2D eigenvalue weighted by Gasteiger charge is 2.22. The van der Waals surface area contributed by atoms with Gasteiger partial charge in [0.05, 0.1) is 0 Å². The molecule has 1 aliphatic heterocycles. The quantitative estimate of drug-likeness (QED) is 0.851. The number of aromatic nitrogens is 1. The van der Waals surface area contributed by atoms with Crippen LogP contribution in [-0.2, 0) is 0 Å². The topological polar surface area (TPSA) is 45.4 Å². The van der Waals surface area contributed by atoms with Gasteiger partial charge in [-0.25, -0.2) is 0 Å². The van der Waals surface area contributed by atoms with Gasteiger partial charge in [0.1, 0.15) is 0 Å². The Morgan fingerprint density at radius 2 is 2.10 bits per heavy atom. The zero-order chi connectivity index (χ0) is 14.1. The van der Waals surface area contributed by atoms with Crippen molar-refractivity contribution in [2.45, 2.75) is 18.9 Å². The molecule has 1 unspecified atom stereocenters. The molecule has 2 heterocycles. The molecular weight excluding hydrogens is 248 g/mol. The number of nitrogens with zero attached hydrogens (tertiary/aromatic N) is 3. The first-order valence-electron chi connectivity index (χ1n) is 7.20. The number of pyridine rings is 1.